The summed E-state index contributed by atoms with van der Waals surface area (Å²) in [6, 6.07) is 0. The van der Waals surface area contributed by atoms with Crippen molar-refractivity contribution in [3.05, 3.63) is 25.3 Å². The number of rotatable bonds is 1. The molecule has 0 aliphatic heterocycles. The number of nitrogens with one attached hydrogen (secondary N) is 1. The molecule has 1 N–H and O–H groups in total. The maximum absolute atomic E-state index is 3.55. The number of halogens is 1. The summed E-state index contributed by atoms with van der Waals surface area (Å²) in [5.74, 6) is 0. The molecule has 1 aromatic heterocycles. The molecule has 3 heteroatoms. The first-order chi connectivity index (χ1) is 3.43. The third-order valence-corrected chi connectivity index (χ3v) is 0.777. The van der Waals surface area contributed by atoms with Gasteiger partial charge in [-0.2, -0.15) is 0 Å². The summed E-state index contributed by atoms with van der Waals surface area (Å²) in [6.07, 6.45) is 7.25. The fourth-order valence-corrected chi connectivity index (χ4v) is 0.415. The molecule has 8 heavy (non-hydrogen) atoms. The predicted molar refractivity (Wildman–Crippen MR) is 34.6 cm³/mol. The molecule has 1 aromatic rings. The zero-order chi connectivity index (χ0) is 5.11. The van der Waals surface area contributed by atoms with Gasteiger partial charge in [0.05, 0.1) is 6.20 Å². The minimum Gasteiger partial charge on any atom is -0.250 e. The molecular weight excluding hydrogens is 124 g/mol. The fraction of sp³-hybridized carbons (Fsp3) is 0. The molecule has 1 heterocycles. The first-order valence-electron chi connectivity index (χ1n) is 2.09. The van der Waals surface area contributed by atoms with Gasteiger partial charge in [0, 0.05) is 0 Å². The Labute approximate surface area is 54.3 Å². The average molecular weight is 132 g/mol. The highest BCUT2D eigenvalue weighted by Gasteiger charge is 1.82. The molecule has 0 atom stereocenters. The maximum Gasteiger partial charge on any atom is 0.246 e. The Morgan fingerprint density at radius 3 is 2.62 bits per heavy atom. The van der Waals surface area contributed by atoms with Gasteiger partial charge >= 0.3 is 0 Å². The molecule has 1 rings (SSSR count). The molecule has 0 saturated carbocycles. The van der Waals surface area contributed by atoms with Crippen LogP contribution < -0.4 is 4.57 Å². The summed E-state index contributed by atoms with van der Waals surface area (Å²) >= 11 is 0. The quantitative estimate of drug-likeness (QED) is 0.545. The first-order valence-corrected chi connectivity index (χ1v) is 2.09. The van der Waals surface area contributed by atoms with Crippen molar-refractivity contribution in [2.75, 3.05) is 0 Å². The lowest BCUT2D eigenvalue weighted by Crippen LogP contribution is -2.19. The van der Waals surface area contributed by atoms with Gasteiger partial charge in [-0.05, 0) is 0 Å². The van der Waals surface area contributed by atoms with Crippen molar-refractivity contribution >= 4 is 18.6 Å². The van der Waals surface area contributed by atoms with Crippen LogP contribution in [-0.4, -0.2) is 4.98 Å². The zero-order valence-electron chi connectivity index (χ0n) is 4.37. The van der Waals surface area contributed by atoms with Crippen molar-refractivity contribution in [3.63, 3.8) is 0 Å². The standard InChI is InChI=1S/C5H6N2.ClH/c1-2-7-4-3-6-5-7;/h2-5H,1H2;1H/p+1. The number of hydrogen-bond acceptors (Lipinski definition) is 0. The Morgan fingerprint density at radius 2 is 2.38 bits per heavy atom. The number of aromatic amines is 1. The van der Waals surface area contributed by atoms with Crippen LogP contribution in [0.5, 0.6) is 0 Å². The van der Waals surface area contributed by atoms with Gasteiger partial charge in [0.25, 0.3) is 0 Å². The summed E-state index contributed by atoms with van der Waals surface area (Å²) in [4.78, 5) is 2.87. The molecule has 0 aromatic carbocycles. The lowest BCUT2D eigenvalue weighted by Gasteiger charge is -1.70. The van der Waals surface area contributed by atoms with Crippen molar-refractivity contribution in [2.24, 2.45) is 0 Å². The van der Waals surface area contributed by atoms with E-state index in [9.17, 15) is 0 Å². The molecule has 44 valence electrons. The van der Waals surface area contributed by atoms with E-state index in [0.29, 0.717) is 0 Å². The van der Waals surface area contributed by atoms with Crippen LogP contribution in [0.3, 0.4) is 0 Å². The second kappa shape index (κ2) is 3.27. The van der Waals surface area contributed by atoms with E-state index in [4.69, 9.17) is 0 Å². The van der Waals surface area contributed by atoms with Crippen molar-refractivity contribution in [1.82, 2.24) is 4.98 Å². The third-order valence-electron chi connectivity index (χ3n) is 0.777. The monoisotopic (exact) mass is 131 g/mol. The van der Waals surface area contributed by atoms with E-state index in [1.165, 1.54) is 0 Å². The van der Waals surface area contributed by atoms with Gasteiger partial charge < -0.3 is 0 Å². The van der Waals surface area contributed by atoms with E-state index in [0.717, 1.165) is 0 Å². The smallest absolute Gasteiger partial charge is 0.246 e. The number of aromatic nitrogens is 2. The number of H-pyrrole nitrogens is 1. The van der Waals surface area contributed by atoms with Crippen LogP contribution in [0.4, 0.5) is 0 Å². The van der Waals surface area contributed by atoms with Gasteiger partial charge in [-0.1, -0.05) is 6.58 Å². The first kappa shape index (κ1) is 7.24. The van der Waals surface area contributed by atoms with Crippen molar-refractivity contribution < 1.29 is 4.57 Å². The average Bonchev–Trinajstić information content (AvgIpc) is 2.14. The van der Waals surface area contributed by atoms with E-state index in [2.05, 4.69) is 11.6 Å². The molecule has 0 amide bonds. The van der Waals surface area contributed by atoms with Crippen LogP contribution in [0, 0.1) is 0 Å². The van der Waals surface area contributed by atoms with Crippen LogP contribution in [0.2, 0.25) is 0 Å². The molecule has 0 bridgehead atoms. The zero-order valence-corrected chi connectivity index (χ0v) is 5.19. The van der Waals surface area contributed by atoms with Crippen LogP contribution in [0.15, 0.2) is 25.3 Å². The molecule has 0 aliphatic rings. The fourth-order valence-electron chi connectivity index (χ4n) is 0.415. The lowest BCUT2D eigenvalue weighted by atomic mass is 10.9. The van der Waals surface area contributed by atoms with Crippen molar-refractivity contribution in [2.45, 2.75) is 0 Å². The number of hydrogen-bond donors (Lipinski definition) is 1. The highest BCUT2D eigenvalue weighted by atomic mass is 35.5. The lowest BCUT2D eigenvalue weighted by molar-refractivity contribution is -0.566. The Bertz CT molecular complexity index is 145. The molecule has 0 aliphatic carbocycles. The largest absolute Gasteiger partial charge is 0.250 e. The summed E-state index contributed by atoms with van der Waals surface area (Å²) in [5, 5.41) is 0. The number of imidazole rings is 1. The van der Waals surface area contributed by atoms with Gasteiger partial charge in [0.1, 0.15) is 12.4 Å². The highest BCUT2D eigenvalue weighted by Crippen LogP contribution is 1.65. The molecule has 2 nitrogen and oxygen atoms in total. The molecule has 0 unspecified atom stereocenters. The van der Waals surface area contributed by atoms with Crippen LogP contribution >= 0.6 is 12.4 Å². The van der Waals surface area contributed by atoms with E-state index in [-0.39, 0.29) is 12.4 Å². The van der Waals surface area contributed by atoms with Gasteiger partial charge in [0.2, 0.25) is 6.33 Å². The Hall–Kier alpha value is -0.760. The molecule has 0 fully saturated rings. The Morgan fingerprint density at radius 1 is 1.62 bits per heavy atom. The van der Waals surface area contributed by atoms with Gasteiger partial charge in [-0.3, -0.25) is 0 Å². The van der Waals surface area contributed by atoms with Gasteiger partial charge in [-0.25, -0.2) is 9.55 Å². The second-order valence-corrected chi connectivity index (χ2v) is 1.24. The normalized spacial score (nSPS) is 7.50. The maximum atomic E-state index is 3.55. The molecule has 0 saturated heterocycles. The Kier molecular flexibility index (Phi) is 2.96. The second-order valence-electron chi connectivity index (χ2n) is 1.24. The topological polar surface area (TPSA) is 19.7 Å². The van der Waals surface area contributed by atoms with Gasteiger partial charge in [0.15, 0.2) is 0 Å². The minimum atomic E-state index is 0. The predicted octanol–water partition coefficient (Wildman–Crippen LogP) is 0.825. The van der Waals surface area contributed by atoms with E-state index in [1.807, 2.05) is 23.3 Å². The van der Waals surface area contributed by atoms with E-state index in [1.54, 1.807) is 6.20 Å². The minimum absolute atomic E-state index is 0. The van der Waals surface area contributed by atoms with E-state index < -0.39 is 0 Å². The van der Waals surface area contributed by atoms with Crippen LogP contribution in [0.1, 0.15) is 0 Å². The van der Waals surface area contributed by atoms with Crippen LogP contribution in [-0.2, 0) is 0 Å². The van der Waals surface area contributed by atoms with Crippen molar-refractivity contribution in [3.8, 4) is 0 Å². The highest BCUT2D eigenvalue weighted by molar-refractivity contribution is 5.85. The molecule has 0 radical (unpaired) electrons. The number of nitrogens with zero attached hydrogens (tertiary/aromatic N) is 1. The SMILES string of the molecule is C=C[n+]1cc[nH]c1.Cl. The van der Waals surface area contributed by atoms with Crippen molar-refractivity contribution in [1.29, 1.82) is 0 Å². The van der Waals surface area contributed by atoms with Gasteiger partial charge in [-0.15, -0.1) is 12.4 Å². The molecular formula is C5H8ClN2+. The summed E-state index contributed by atoms with van der Waals surface area (Å²) in [5.41, 5.74) is 0. The Balaban J connectivity index is 0.000000490. The summed E-state index contributed by atoms with van der Waals surface area (Å²) < 4.78 is 1.83. The van der Waals surface area contributed by atoms with Crippen LogP contribution in [0.25, 0.3) is 6.20 Å². The third kappa shape index (κ3) is 1.39. The molecule has 0 spiro atoms. The van der Waals surface area contributed by atoms with E-state index >= 15 is 0 Å². The summed E-state index contributed by atoms with van der Waals surface area (Å²) in [6.45, 7) is 3.55. The summed E-state index contributed by atoms with van der Waals surface area (Å²) in [7, 11) is 0.